The highest BCUT2D eigenvalue weighted by molar-refractivity contribution is 7.87. The number of hydrogen-bond donors (Lipinski definition) is 2. The van der Waals surface area contributed by atoms with Gasteiger partial charge in [0.05, 0.1) is 19.7 Å². The molecule has 0 aliphatic rings. The van der Waals surface area contributed by atoms with Crippen molar-refractivity contribution in [2.45, 2.75) is 19.9 Å². The van der Waals surface area contributed by atoms with E-state index in [1.165, 1.54) is 46.7 Å². The van der Waals surface area contributed by atoms with Gasteiger partial charge in [-0.15, -0.1) is 0 Å². The smallest absolute Gasteiger partial charge is 0.307 e. The summed E-state index contributed by atoms with van der Waals surface area (Å²) in [4.78, 5) is 26.1. The van der Waals surface area contributed by atoms with Crippen molar-refractivity contribution in [1.82, 2.24) is 18.9 Å². The van der Waals surface area contributed by atoms with Gasteiger partial charge in [0.2, 0.25) is 0 Å². The molecule has 1 aromatic heterocycles. The molecule has 0 spiro atoms. The van der Waals surface area contributed by atoms with Gasteiger partial charge in [-0.3, -0.25) is 9.59 Å². The van der Waals surface area contributed by atoms with Crippen molar-refractivity contribution in [2.24, 2.45) is 0 Å². The Balaban J connectivity index is 2.11. The first-order valence-corrected chi connectivity index (χ1v) is 12.5. The van der Waals surface area contributed by atoms with E-state index < -0.39 is 22.0 Å². The number of carbonyl (C=O) groups excluding carboxylic acids is 2. The molecule has 2 N–H and O–H groups in total. The van der Waals surface area contributed by atoms with Gasteiger partial charge in [-0.05, 0) is 44.2 Å². The van der Waals surface area contributed by atoms with E-state index in [1.807, 2.05) is 0 Å². The molecule has 0 saturated carbocycles. The third-order valence-electron chi connectivity index (χ3n) is 5.28. The lowest BCUT2D eigenvalue weighted by Crippen LogP contribution is -2.38. The van der Waals surface area contributed by atoms with E-state index in [-0.39, 0.29) is 17.3 Å². The molecule has 0 fully saturated rings. The molecule has 0 aliphatic heterocycles. The molecule has 0 saturated heterocycles. The van der Waals surface area contributed by atoms with Crippen LogP contribution in [-0.4, -0.2) is 62.9 Å². The van der Waals surface area contributed by atoms with Crippen LogP contribution >= 0.6 is 0 Å². The molecule has 0 aliphatic carbocycles. The van der Waals surface area contributed by atoms with Gasteiger partial charge in [-0.1, -0.05) is 18.2 Å². The second kappa shape index (κ2) is 10.8. The van der Waals surface area contributed by atoms with Crippen LogP contribution in [0, 0.1) is 0 Å². The highest BCUT2D eigenvalue weighted by atomic mass is 32.2. The van der Waals surface area contributed by atoms with Gasteiger partial charge in [0.15, 0.2) is 11.5 Å². The minimum atomic E-state index is -3.83. The number of nitrogens with one attached hydrogen (secondary N) is 2. The predicted molar refractivity (Wildman–Crippen MR) is 138 cm³/mol. The number of benzene rings is 2. The summed E-state index contributed by atoms with van der Waals surface area (Å²) >= 11 is 0. The largest absolute Gasteiger partial charge is 0.493 e. The number of rotatable bonds is 9. The van der Waals surface area contributed by atoms with Gasteiger partial charge in [-0.2, -0.15) is 12.7 Å². The van der Waals surface area contributed by atoms with Gasteiger partial charge < -0.3 is 20.1 Å². The summed E-state index contributed by atoms with van der Waals surface area (Å²) in [5.74, 6) is -0.256. The second-order valence-electron chi connectivity index (χ2n) is 8.40. The molecular formula is C25H30N4O6S. The van der Waals surface area contributed by atoms with Crippen molar-refractivity contribution in [2.75, 3.05) is 28.3 Å². The molecule has 3 aromatic rings. The maximum atomic E-state index is 13.1. The molecule has 10 nitrogen and oxygen atoms in total. The molecule has 192 valence electrons. The Morgan fingerprint density at radius 3 is 2.31 bits per heavy atom. The van der Waals surface area contributed by atoms with E-state index in [2.05, 4.69) is 10.6 Å². The van der Waals surface area contributed by atoms with E-state index in [1.54, 1.807) is 50.2 Å². The summed E-state index contributed by atoms with van der Waals surface area (Å²) < 4.78 is 38.5. The van der Waals surface area contributed by atoms with Crippen molar-refractivity contribution in [3.8, 4) is 11.5 Å². The first-order valence-electron chi connectivity index (χ1n) is 11.1. The molecule has 11 heteroatoms. The van der Waals surface area contributed by atoms with Crippen LogP contribution in [0.15, 0.2) is 54.4 Å². The third kappa shape index (κ3) is 5.52. The maximum Gasteiger partial charge on any atom is 0.307 e. The Hall–Kier alpha value is -3.83. The second-order valence-corrected chi connectivity index (χ2v) is 10.4. The monoisotopic (exact) mass is 514 g/mol. The molecule has 3 rings (SSSR count). The van der Waals surface area contributed by atoms with Gasteiger partial charge in [0.1, 0.15) is 5.70 Å². The molecule has 0 unspecified atom stereocenters. The molecule has 36 heavy (non-hydrogen) atoms. The number of para-hydroxylation sites is 1. The number of hydrogen-bond acceptors (Lipinski definition) is 6. The number of aromatic nitrogens is 1. The van der Waals surface area contributed by atoms with Gasteiger partial charge >= 0.3 is 10.2 Å². The summed E-state index contributed by atoms with van der Waals surface area (Å²) in [6.07, 6.45) is 2.88. The van der Waals surface area contributed by atoms with Crippen molar-refractivity contribution in [1.29, 1.82) is 0 Å². The Labute approximate surface area is 210 Å². The van der Waals surface area contributed by atoms with Crippen LogP contribution in [0.2, 0.25) is 0 Å². The number of fused-ring (bicyclic) bond motifs is 1. The Morgan fingerprint density at radius 1 is 1.03 bits per heavy atom. The van der Waals surface area contributed by atoms with Crippen LogP contribution in [0.1, 0.15) is 29.8 Å². The van der Waals surface area contributed by atoms with Gasteiger partial charge in [0, 0.05) is 42.8 Å². The molecule has 2 amide bonds. The molecule has 0 bridgehead atoms. The Morgan fingerprint density at radius 2 is 1.69 bits per heavy atom. The Bertz CT molecular complexity index is 1420. The number of ether oxygens (including phenoxy) is 2. The zero-order chi connectivity index (χ0) is 26.6. The SMILES string of the molecule is COc1ccc(C(=O)N/C(=C\c2cn(S(=O)(=O)N(C)C)c3ccccc23)C(=O)NC(C)C)cc1OC. The average molecular weight is 515 g/mol. The number of amides is 2. The van der Waals surface area contributed by atoms with Crippen LogP contribution in [-0.2, 0) is 15.0 Å². The lowest BCUT2D eigenvalue weighted by Gasteiger charge is -2.14. The summed E-state index contributed by atoms with van der Waals surface area (Å²) in [5.41, 5.74) is 1.08. The fourth-order valence-corrected chi connectivity index (χ4v) is 4.49. The van der Waals surface area contributed by atoms with Crippen molar-refractivity contribution in [3.05, 3.63) is 65.5 Å². The van der Waals surface area contributed by atoms with Crippen LogP contribution in [0.5, 0.6) is 11.5 Å². The highest BCUT2D eigenvalue weighted by Gasteiger charge is 2.22. The van der Waals surface area contributed by atoms with Crippen LogP contribution in [0.4, 0.5) is 0 Å². The minimum Gasteiger partial charge on any atom is -0.493 e. The lowest BCUT2D eigenvalue weighted by molar-refractivity contribution is -0.118. The molecule has 1 heterocycles. The van der Waals surface area contributed by atoms with E-state index in [0.29, 0.717) is 28.0 Å². The average Bonchev–Trinajstić information content (AvgIpc) is 3.21. The standard InChI is InChI=1S/C25H30N4O6S/c1-16(2)26-25(31)20(27-24(30)17-11-12-22(34-5)23(14-17)35-6)13-18-15-29(36(32,33)28(3)4)21-10-8-7-9-19(18)21/h7-16H,1-6H3,(H,26,31)(H,27,30)/b20-13-. The van der Waals surface area contributed by atoms with Crippen molar-refractivity contribution in [3.63, 3.8) is 0 Å². The normalized spacial score (nSPS) is 12.2. The zero-order valence-corrected chi connectivity index (χ0v) is 21.8. The van der Waals surface area contributed by atoms with E-state index in [9.17, 15) is 18.0 Å². The van der Waals surface area contributed by atoms with Crippen molar-refractivity contribution < 1.29 is 27.5 Å². The van der Waals surface area contributed by atoms with Gasteiger partial charge in [-0.25, -0.2) is 3.97 Å². The van der Waals surface area contributed by atoms with Crippen LogP contribution in [0.3, 0.4) is 0 Å². The van der Waals surface area contributed by atoms with Crippen LogP contribution in [0.25, 0.3) is 17.0 Å². The third-order valence-corrected chi connectivity index (χ3v) is 7.00. The fraction of sp³-hybridized carbons (Fsp3) is 0.280. The fourth-order valence-electron chi connectivity index (χ4n) is 3.48. The topological polar surface area (TPSA) is 119 Å². The first kappa shape index (κ1) is 26.8. The zero-order valence-electron chi connectivity index (χ0n) is 21.0. The molecule has 2 aromatic carbocycles. The first-order chi connectivity index (χ1) is 17.0. The number of nitrogens with zero attached hydrogens (tertiary/aromatic N) is 2. The molecule has 0 radical (unpaired) electrons. The van der Waals surface area contributed by atoms with Gasteiger partial charge in [0.25, 0.3) is 11.8 Å². The summed E-state index contributed by atoms with van der Waals surface area (Å²) in [6.45, 7) is 3.59. The van der Waals surface area contributed by atoms with E-state index in [4.69, 9.17) is 9.47 Å². The maximum absolute atomic E-state index is 13.1. The lowest BCUT2D eigenvalue weighted by atomic mass is 10.1. The number of carbonyl (C=O) groups is 2. The highest BCUT2D eigenvalue weighted by Crippen LogP contribution is 2.28. The predicted octanol–water partition coefficient (Wildman–Crippen LogP) is 2.61. The van der Waals surface area contributed by atoms with E-state index >= 15 is 0 Å². The number of methoxy groups -OCH3 is 2. The molecular weight excluding hydrogens is 484 g/mol. The summed E-state index contributed by atoms with van der Waals surface area (Å²) in [6, 6.07) is 11.3. The summed E-state index contributed by atoms with van der Waals surface area (Å²) in [7, 11) is 1.98. The molecule has 0 atom stereocenters. The van der Waals surface area contributed by atoms with E-state index in [0.717, 1.165) is 8.28 Å². The quantitative estimate of drug-likeness (QED) is 0.424. The van der Waals surface area contributed by atoms with Crippen LogP contribution < -0.4 is 20.1 Å². The summed E-state index contributed by atoms with van der Waals surface area (Å²) in [5, 5.41) is 6.02. The minimum absolute atomic E-state index is 0.0476. The van der Waals surface area contributed by atoms with Crippen molar-refractivity contribution >= 4 is 39.0 Å². The Kier molecular flexibility index (Phi) is 8.06.